The number of carboxylic acids is 1. The van der Waals surface area contributed by atoms with E-state index in [2.05, 4.69) is 0 Å². The van der Waals surface area contributed by atoms with Crippen molar-refractivity contribution in [2.75, 3.05) is 13.1 Å². The van der Waals surface area contributed by atoms with Crippen molar-refractivity contribution in [3.8, 4) is 0 Å². The highest BCUT2D eigenvalue weighted by atomic mass is 16.4. The van der Waals surface area contributed by atoms with E-state index in [4.69, 9.17) is 8.83 Å². The summed E-state index contributed by atoms with van der Waals surface area (Å²) in [4.78, 5) is 39.7. The standard InChI is InChI=1S/C29H29NO6/c1-17-16-35-25-19(3)26-23(15-22(17)25)18(2)21(27(32)36-26)9-10-24(31)30-13-11-29(12-14-30,28(33)34)20-7-5-4-6-8-20/h4-8,15-16H,9-14H2,1-3H3,(H,33,34)/p-1. The van der Waals surface area contributed by atoms with Crippen LogP contribution in [0.5, 0.6) is 0 Å². The number of carboxylic acid groups (broad SMARTS) is 1. The van der Waals surface area contributed by atoms with Crippen LogP contribution in [0.1, 0.15) is 47.1 Å². The van der Waals surface area contributed by atoms with Crippen molar-refractivity contribution in [2.45, 2.75) is 51.9 Å². The second-order valence-electron chi connectivity index (χ2n) is 9.78. The van der Waals surface area contributed by atoms with Gasteiger partial charge in [0.2, 0.25) is 5.91 Å². The first-order chi connectivity index (χ1) is 17.2. The summed E-state index contributed by atoms with van der Waals surface area (Å²) in [5, 5.41) is 13.9. The molecule has 1 amide bonds. The van der Waals surface area contributed by atoms with Gasteiger partial charge in [-0.1, -0.05) is 30.3 Å². The summed E-state index contributed by atoms with van der Waals surface area (Å²) in [6, 6.07) is 11.1. The van der Waals surface area contributed by atoms with E-state index in [1.165, 1.54) is 0 Å². The van der Waals surface area contributed by atoms with E-state index in [-0.39, 0.29) is 18.7 Å². The van der Waals surface area contributed by atoms with Crippen LogP contribution in [0.25, 0.3) is 21.9 Å². The monoisotopic (exact) mass is 486 g/mol. The minimum atomic E-state index is -1.11. The molecule has 0 unspecified atom stereocenters. The summed E-state index contributed by atoms with van der Waals surface area (Å²) in [5.41, 5.74) is 3.45. The molecule has 36 heavy (non-hydrogen) atoms. The normalized spacial score (nSPS) is 15.5. The van der Waals surface area contributed by atoms with E-state index in [9.17, 15) is 19.5 Å². The third-order valence-electron chi connectivity index (χ3n) is 7.81. The Bertz CT molecular complexity index is 1540. The second kappa shape index (κ2) is 8.97. The molecule has 2 aromatic heterocycles. The molecule has 5 rings (SSSR count). The van der Waals surface area contributed by atoms with Gasteiger partial charge in [-0.3, -0.25) is 4.79 Å². The van der Waals surface area contributed by atoms with Crippen LogP contribution in [0.2, 0.25) is 0 Å². The quantitative estimate of drug-likeness (QED) is 0.399. The van der Waals surface area contributed by atoms with Gasteiger partial charge in [0.15, 0.2) is 0 Å². The first-order valence-corrected chi connectivity index (χ1v) is 12.2. The van der Waals surface area contributed by atoms with Crippen molar-refractivity contribution >= 4 is 33.8 Å². The molecule has 0 saturated carbocycles. The Kier molecular flexibility index (Phi) is 5.94. The molecule has 0 bridgehead atoms. The lowest BCUT2D eigenvalue weighted by Crippen LogP contribution is -2.53. The SMILES string of the molecule is Cc1coc2c(C)c3oc(=O)c(CCC(=O)N4CCC(C(=O)[O-])(c5ccccc5)CC4)c(C)c3cc12. The van der Waals surface area contributed by atoms with Crippen molar-refractivity contribution < 1.29 is 23.5 Å². The number of aliphatic carboxylic acids is 1. The number of rotatable bonds is 5. The predicted octanol–water partition coefficient (Wildman–Crippen LogP) is 3.71. The van der Waals surface area contributed by atoms with Crippen molar-refractivity contribution in [3.63, 3.8) is 0 Å². The number of amides is 1. The zero-order chi connectivity index (χ0) is 25.6. The van der Waals surface area contributed by atoms with Crippen LogP contribution in [0.3, 0.4) is 0 Å². The van der Waals surface area contributed by atoms with Crippen LogP contribution in [0.4, 0.5) is 0 Å². The van der Waals surface area contributed by atoms with E-state index < -0.39 is 17.0 Å². The molecule has 1 fully saturated rings. The Labute approximate surface area is 208 Å². The fourth-order valence-corrected chi connectivity index (χ4v) is 5.50. The highest BCUT2D eigenvalue weighted by molar-refractivity contribution is 5.99. The van der Waals surface area contributed by atoms with Gasteiger partial charge in [0.05, 0.1) is 12.2 Å². The zero-order valence-electron chi connectivity index (χ0n) is 20.7. The highest BCUT2D eigenvalue weighted by Crippen LogP contribution is 2.36. The summed E-state index contributed by atoms with van der Waals surface area (Å²) in [6.45, 7) is 6.37. The van der Waals surface area contributed by atoms with Crippen LogP contribution >= 0.6 is 0 Å². The molecule has 0 radical (unpaired) electrons. The second-order valence-corrected chi connectivity index (χ2v) is 9.78. The molecule has 1 aliphatic heterocycles. The van der Waals surface area contributed by atoms with Crippen molar-refractivity contribution in [1.29, 1.82) is 0 Å². The summed E-state index contributed by atoms with van der Waals surface area (Å²) in [6.07, 6.45) is 2.68. The Morgan fingerprint density at radius 1 is 1.00 bits per heavy atom. The van der Waals surface area contributed by atoms with Crippen molar-refractivity contribution in [2.24, 2.45) is 0 Å². The molecule has 2 aromatic carbocycles. The lowest BCUT2D eigenvalue weighted by Gasteiger charge is -2.43. The van der Waals surface area contributed by atoms with Gasteiger partial charge in [0.1, 0.15) is 11.2 Å². The van der Waals surface area contributed by atoms with Crippen LogP contribution < -0.4 is 10.7 Å². The molecule has 0 spiro atoms. The maximum absolute atomic E-state index is 13.0. The van der Waals surface area contributed by atoms with Gasteiger partial charge in [0, 0.05) is 46.8 Å². The lowest BCUT2D eigenvalue weighted by molar-refractivity contribution is -0.315. The fourth-order valence-electron chi connectivity index (χ4n) is 5.50. The highest BCUT2D eigenvalue weighted by Gasteiger charge is 2.38. The van der Waals surface area contributed by atoms with Crippen molar-refractivity contribution in [3.05, 3.63) is 80.9 Å². The molecule has 7 heteroatoms. The third kappa shape index (κ3) is 3.79. The van der Waals surface area contributed by atoms with Gasteiger partial charge in [-0.25, -0.2) is 4.79 Å². The molecule has 4 aromatic rings. The van der Waals surface area contributed by atoms with Crippen LogP contribution in [0, 0.1) is 20.8 Å². The number of furan rings is 1. The Hall–Kier alpha value is -3.87. The number of likely N-dealkylation sites (tertiary alicyclic amines) is 1. The van der Waals surface area contributed by atoms with Gasteiger partial charge in [0.25, 0.3) is 0 Å². The minimum absolute atomic E-state index is 0.105. The largest absolute Gasteiger partial charge is 0.549 e. The Morgan fingerprint density at radius 3 is 2.36 bits per heavy atom. The van der Waals surface area contributed by atoms with Crippen molar-refractivity contribution in [1.82, 2.24) is 4.90 Å². The number of nitrogens with zero attached hydrogens (tertiary/aromatic N) is 1. The topological polar surface area (TPSA) is 104 Å². The van der Waals surface area contributed by atoms with E-state index in [0.29, 0.717) is 48.2 Å². The molecule has 1 saturated heterocycles. The smallest absolute Gasteiger partial charge is 0.339 e. The number of piperidine rings is 1. The van der Waals surface area contributed by atoms with Gasteiger partial charge in [-0.05, 0) is 62.8 Å². The number of hydrogen-bond donors (Lipinski definition) is 0. The van der Waals surface area contributed by atoms with Crippen LogP contribution in [-0.2, 0) is 21.4 Å². The number of benzene rings is 2. The zero-order valence-corrected chi connectivity index (χ0v) is 20.7. The van der Waals surface area contributed by atoms with Gasteiger partial charge in [-0.15, -0.1) is 0 Å². The average molecular weight is 487 g/mol. The maximum Gasteiger partial charge on any atom is 0.339 e. The predicted molar refractivity (Wildman–Crippen MR) is 134 cm³/mol. The molecule has 3 heterocycles. The number of fused-ring (bicyclic) bond motifs is 2. The molecular weight excluding hydrogens is 458 g/mol. The van der Waals surface area contributed by atoms with Crippen LogP contribution in [-0.4, -0.2) is 29.9 Å². The maximum atomic E-state index is 13.0. The molecule has 0 N–H and O–H groups in total. The lowest BCUT2D eigenvalue weighted by atomic mass is 9.73. The molecule has 186 valence electrons. The van der Waals surface area contributed by atoms with Gasteiger partial charge >= 0.3 is 5.63 Å². The molecule has 7 nitrogen and oxygen atoms in total. The fraction of sp³-hybridized carbons (Fsp3) is 0.345. The first-order valence-electron chi connectivity index (χ1n) is 12.2. The number of aryl methyl sites for hydroxylation is 3. The third-order valence-corrected chi connectivity index (χ3v) is 7.81. The first kappa shape index (κ1) is 23.9. The van der Waals surface area contributed by atoms with E-state index >= 15 is 0 Å². The number of carbonyl (C=O) groups is 2. The molecule has 0 aliphatic carbocycles. The van der Waals surface area contributed by atoms with Gasteiger partial charge in [-0.2, -0.15) is 0 Å². The van der Waals surface area contributed by atoms with Crippen LogP contribution in [0.15, 0.2) is 56.3 Å². The average Bonchev–Trinajstić information content (AvgIpc) is 3.25. The van der Waals surface area contributed by atoms with E-state index in [0.717, 1.165) is 27.5 Å². The summed E-state index contributed by atoms with van der Waals surface area (Å²) >= 11 is 0. The van der Waals surface area contributed by atoms with E-state index in [1.807, 2.05) is 45.0 Å². The Balaban J connectivity index is 1.34. The Morgan fingerprint density at radius 2 is 1.69 bits per heavy atom. The molecule has 1 aliphatic rings. The number of carbonyl (C=O) groups excluding carboxylic acids is 2. The molecular formula is C29H28NO6-. The number of hydrogen-bond acceptors (Lipinski definition) is 6. The summed E-state index contributed by atoms with van der Waals surface area (Å²) in [5.74, 6) is -1.21. The summed E-state index contributed by atoms with van der Waals surface area (Å²) in [7, 11) is 0. The minimum Gasteiger partial charge on any atom is -0.549 e. The summed E-state index contributed by atoms with van der Waals surface area (Å²) < 4.78 is 11.3. The van der Waals surface area contributed by atoms with E-state index in [1.54, 1.807) is 23.3 Å². The molecule has 0 atom stereocenters. The van der Waals surface area contributed by atoms with Gasteiger partial charge < -0.3 is 23.6 Å².